The van der Waals surface area contributed by atoms with Gasteiger partial charge in [-0.2, -0.15) is 5.10 Å². The van der Waals surface area contributed by atoms with Crippen molar-refractivity contribution < 1.29 is 0 Å². The van der Waals surface area contributed by atoms with Crippen molar-refractivity contribution in [3.8, 4) is 34.4 Å². The summed E-state index contributed by atoms with van der Waals surface area (Å²) in [6.45, 7) is 4.65. The molecule has 0 unspecified atom stereocenters. The number of aryl methyl sites for hydroxylation is 1. The fraction of sp³-hybridized carbons (Fsp3) is 0.261. The number of tetrazole rings is 1. The molecule has 0 amide bonds. The molecule has 0 aliphatic carbocycles. The molecule has 150 valence electrons. The van der Waals surface area contributed by atoms with E-state index in [-0.39, 0.29) is 0 Å². The Balaban J connectivity index is 1.59. The highest BCUT2D eigenvalue weighted by molar-refractivity contribution is 5.80. The topological polar surface area (TPSA) is 85.2 Å². The third kappa shape index (κ3) is 4.28. The molecular weight excluding hydrogens is 374 g/mol. The van der Waals surface area contributed by atoms with E-state index in [1.807, 2.05) is 29.8 Å². The predicted molar refractivity (Wildman–Crippen MR) is 115 cm³/mol. The van der Waals surface area contributed by atoms with E-state index in [1.54, 1.807) is 0 Å². The lowest BCUT2D eigenvalue weighted by molar-refractivity contribution is 0.642. The third-order valence-corrected chi connectivity index (χ3v) is 4.81. The highest BCUT2D eigenvalue weighted by atomic mass is 15.5. The van der Waals surface area contributed by atoms with Gasteiger partial charge in [0.1, 0.15) is 5.82 Å². The molecule has 0 saturated carbocycles. The zero-order valence-corrected chi connectivity index (χ0v) is 17.1. The minimum absolute atomic E-state index is 0.615. The van der Waals surface area contributed by atoms with Crippen molar-refractivity contribution >= 4 is 0 Å². The van der Waals surface area contributed by atoms with Gasteiger partial charge >= 0.3 is 0 Å². The summed E-state index contributed by atoms with van der Waals surface area (Å²) < 4.78 is 1.97. The molecule has 0 fully saturated rings. The summed E-state index contributed by atoms with van der Waals surface area (Å²) in [5, 5.41) is 19.0. The van der Waals surface area contributed by atoms with Crippen LogP contribution in [0.1, 0.15) is 37.5 Å². The monoisotopic (exact) mass is 397 g/mol. The summed E-state index contributed by atoms with van der Waals surface area (Å²) in [6.07, 6.45) is 2.52. The number of aromatic nitrogens is 7. The van der Waals surface area contributed by atoms with Crippen LogP contribution < -0.4 is 0 Å². The number of rotatable bonds is 7. The lowest BCUT2D eigenvalue weighted by Gasteiger charge is -2.09. The average Bonchev–Trinajstić information content (AvgIpc) is 3.44. The summed E-state index contributed by atoms with van der Waals surface area (Å²) in [6, 6.07) is 16.6. The van der Waals surface area contributed by atoms with Crippen molar-refractivity contribution in [3.05, 3.63) is 65.7 Å². The zero-order valence-electron chi connectivity index (χ0n) is 17.1. The van der Waals surface area contributed by atoms with E-state index in [0.29, 0.717) is 18.8 Å². The lowest BCUT2D eigenvalue weighted by atomic mass is 9.98. The summed E-state index contributed by atoms with van der Waals surface area (Å²) in [5.41, 5.74) is 4.31. The van der Waals surface area contributed by atoms with Gasteiger partial charge in [0.25, 0.3) is 0 Å². The van der Waals surface area contributed by atoms with Crippen molar-refractivity contribution in [2.24, 2.45) is 0 Å². The number of nitrogens with zero attached hydrogens (tertiary/aromatic N) is 6. The number of benzene rings is 2. The van der Waals surface area contributed by atoms with Gasteiger partial charge in [-0.3, -0.25) is 0 Å². The summed E-state index contributed by atoms with van der Waals surface area (Å²) in [4.78, 5) is 4.67. The van der Waals surface area contributed by atoms with E-state index in [4.69, 9.17) is 0 Å². The molecule has 1 N–H and O–H groups in total. The molecule has 2 heterocycles. The highest BCUT2D eigenvalue weighted by Crippen LogP contribution is 2.29. The van der Waals surface area contributed by atoms with Crippen LogP contribution in [0.2, 0.25) is 0 Å². The van der Waals surface area contributed by atoms with Gasteiger partial charge in [0.05, 0.1) is 13.0 Å². The molecule has 2 aromatic carbocycles. The van der Waals surface area contributed by atoms with Gasteiger partial charge in [-0.05, 0) is 40.5 Å². The van der Waals surface area contributed by atoms with Crippen LogP contribution in [0.25, 0.3) is 22.5 Å². The molecule has 30 heavy (non-hydrogen) atoms. The summed E-state index contributed by atoms with van der Waals surface area (Å²) in [7, 11) is 0. The Morgan fingerprint density at radius 3 is 2.53 bits per heavy atom. The third-order valence-electron chi connectivity index (χ3n) is 4.81. The zero-order chi connectivity index (χ0) is 20.8. The minimum atomic E-state index is 0.615. The molecule has 7 heteroatoms. The Hall–Kier alpha value is -3.79. The van der Waals surface area contributed by atoms with Crippen molar-refractivity contribution in [2.45, 2.75) is 39.7 Å². The Labute approximate surface area is 175 Å². The van der Waals surface area contributed by atoms with Gasteiger partial charge in [0.2, 0.25) is 0 Å². The van der Waals surface area contributed by atoms with Crippen LogP contribution in [0.5, 0.6) is 0 Å². The first-order chi connectivity index (χ1) is 14.8. The maximum absolute atomic E-state index is 4.69. The van der Waals surface area contributed by atoms with E-state index >= 15 is 0 Å². The Bertz CT molecular complexity index is 1160. The molecule has 4 aromatic rings. The molecule has 0 spiro atoms. The van der Waals surface area contributed by atoms with Gasteiger partial charge in [-0.1, -0.05) is 61.4 Å². The Kier molecular flexibility index (Phi) is 5.95. The van der Waals surface area contributed by atoms with Crippen LogP contribution >= 0.6 is 0 Å². The normalized spacial score (nSPS) is 10.6. The van der Waals surface area contributed by atoms with Crippen LogP contribution in [0.15, 0.2) is 48.5 Å². The van der Waals surface area contributed by atoms with Crippen LogP contribution in [-0.2, 0) is 19.4 Å². The van der Waals surface area contributed by atoms with Crippen LogP contribution in [0.4, 0.5) is 0 Å². The number of aromatic amines is 1. The van der Waals surface area contributed by atoms with Gasteiger partial charge in [0.15, 0.2) is 11.6 Å². The number of H-pyrrole nitrogens is 1. The van der Waals surface area contributed by atoms with Gasteiger partial charge < -0.3 is 0 Å². The minimum Gasteiger partial charge on any atom is -0.244 e. The molecule has 2 aromatic heterocycles. The second kappa shape index (κ2) is 9.14. The second-order valence-electron chi connectivity index (χ2n) is 6.95. The van der Waals surface area contributed by atoms with Crippen molar-refractivity contribution in [2.75, 3.05) is 0 Å². The summed E-state index contributed by atoms with van der Waals surface area (Å²) in [5.74, 6) is 8.50. The standard InChI is InChI=1S/C23H23N7/c1-3-5-11-22-24-21(8-4-2)27-30(22)16-17-12-14-18(15-13-17)19-9-6-7-10-20(19)23-25-28-29-26-23/h6-7,9-10,12-15H,4,8,11,16H2,1-2H3,(H,25,26,28,29). The Morgan fingerprint density at radius 2 is 1.83 bits per heavy atom. The lowest BCUT2D eigenvalue weighted by Crippen LogP contribution is -2.07. The molecule has 0 saturated heterocycles. The maximum atomic E-state index is 4.69. The van der Waals surface area contributed by atoms with Crippen LogP contribution in [0.3, 0.4) is 0 Å². The number of nitrogens with one attached hydrogen (secondary N) is 1. The van der Waals surface area contributed by atoms with E-state index in [2.05, 4.69) is 79.8 Å². The van der Waals surface area contributed by atoms with E-state index in [9.17, 15) is 0 Å². The van der Waals surface area contributed by atoms with E-state index < -0.39 is 0 Å². The first-order valence-corrected chi connectivity index (χ1v) is 10.0. The molecule has 0 aliphatic heterocycles. The summed E-state index contributed by atoms with van der Waals surface area (Å²) >= 11 is 0. The first-order valence-electron chi connectivity index (χ1n) is 10.0. The molecule has 0 radical (unpaired) electrons. The SMILES string of the molecule is CC#CCc1nc(CCC)nn1Cc1ccc(-c2ccccc2-c2nnn[nH]2)cc1. The van der Waals surface area contributed by atoms with Crippen molar-refractivity contribution in [1.29, 1.82) is 0 Å². The smallest absolute Gasteiger partial charge is 0.180 e. The fourth-order valence-electron chi connectivity index (χ4n) is 3.36. The Morgan fingerprint density at radius 1 is 1.03 bits per heavy atom. The molecule has 0 aliphatic rings. The van der Waals surface area contributed by atoms with Gasteiger partial charge in [0, 0.05) is 12.0 Å². The predicted octanol–water partition coefficient (Wildman–Crippen LogP) is 3.69. The van der Waals surface area contributed by atoms with Gasteiger partial charge in [-0.25, -0.2) is 14.8 Å². The maximum Gasteiger partial charge on any atom is 0.180 e. The highest BCUT2D eigenvalue weighted by Gasteiger charge is 2.12. The van der Waals surface area contributed by atoms with Crippen molar-refractivity contribution in [3.63, 3.8) is 0 Å². The average molecular weight is 397 g/mol. The largest absolute Gasteiger partial charge is 0.244 e. The fourth-order valence-corrected chi connectivity index (χ4v) is 3.36. The molecule has 4 rings (SSSR count). The molecule has 0 atom stereocenters. The quantitative estimate of drug-likeness (QED) is 0.481. The number of hydrogen-bond donors (Lipinski definition) is 1. The molecule has 7 nitrogen and oxygen atoms in total. The first kappa shape index (κ1) is 19.5. The van der Waals surface area contributed by atoms with Crippen LogP contribution in [0, 0.1) is 11.8 Å². The number of hydrogen-bond acceptors (Lipinski definition) is 5. The van der Waals surface area contributed by atoms with E-state index in [0.717, 1.165) is 46.7 Å². The molecule has 0 bridgehead atoms. The molecular formula is C23H23N7. The van der Waals surface area contributed by atoms with Crippen molar-refractivity contribution in [1.82, 2.24) is 35.4 Å². The van der Waals surface area contributed by atoms with E-state index in [1.165, 1.54) is 0 Å². The van der Waals surface area contributed by atoms with Crippen LogP contribution in [-0.4, -0.2) is 35.4 Å². The second-order valence-corrected chi connectivity index (χ2v) is 6.95. The van der Waals surface area contributed by atoms with Gasteiger partial charge in [-0.15, -0.1) is 11.0 Å².